The largest absolute Gasteiger partial charge is 0.475 e. The molecule has 2 heterocycles. The van der Waals surface area contributed by atoms with E-state index in [1.807, 2.05) is 24.3 Å². The lowest BCUT2D eigenvalue weighted by Crippen LogP contribution is -2.23. The molecular formula is C15H12O5. The van der Waals surface area contributed by atoms with Crippen molar-refractivity contribution in [3.05, 3.63) is 59.0 Å². The molecule has 1 aliphatic heterocycles. The SMILES string of the molecule is O=C(O)c1ccc(C(=O)C2OCCc3ccccc32)o1. The lowest BCUT2D eigenvalue weighted by molar-refractivity contribution is 0.0324. The highest BCUT2D eigenvalue weighted by Crippen LogP contribution is 2.30. The van der Waals surface area contributed by atoms with E-state index >= 15 is 0 Å². The average Bonchev–Trinajstić information content (AvgIpc) is 2.96. The van der Waals surface area contributed by atoms with Gasteiger partial charge in [-0.25, -0.2) is 4.79 Å². The lowest BCUT2D eigenvalue weighted by Gasteiger charge is -2.24. The molecule has 3 rings (SSSR count). The van der Waals surface area contributed by atoms with Gasteiger partial charge in [-0.3, -0.25) is 4.79 Å². The number of furan rings is 1. The number of rotatable bonds is 3. The Morgan fingerprint density at radius 2 is 1.85 bits per heavy atom. The van der Waals surface area contributed by atoms with Crippen LogP contribution in [0.1, 0.15) is 38.3 Å². The van der Waals surface area contributed by atoms with E-state index in [1.165, 1.54) is 12.1 Å². The Balaban J connectivity index is 1.93. The Kier molecular flexibility index (Phi) is 3.12. The summed E-state index contributed by atoms with van der Waals surface area (Å²) < 4.78 is 10.6. The summed E-state index contributed by atoms with van der Waals surface area (Å²) in [5.74, 6) is -1.81. The minimum atomic E-state index is -1.20. The number of Topliss-reactive ketones (excluding diaryl/α,β-unsaturated/α-hetero) is 1. The standard InChI is InChI=1S/C15H12O5/c16-13(11-5-6-12(20-11)15(17)18)14-10-4-2-1-3-9(10)7-8-19-14/h1-6,14H,7-8H2,(H,17,18). The minimum Gasteiger partial charge on any atom is -0.475 e. The number of ketones is 1. The van der Waals surface area contributed by atoms with Gasteiger partial charge in [0, 0.05) is 0 Å². The first-order valence-corrected chi connectivity index (χ1v) is 6.23. The van der Waals surface area contributed by atoms with Crippen molar-refractivity contribution in [2.75, 3.05) is 6.61 Å². The van der Waals surface area contributed by atoms with Gasteiger partial charge in [0.1, 0.15) is 6.10 Å². The highest BCUT2D eigenvalue weighted by molar-refractivity contribution is 5.99. The smallest absolute Gasteiger partial charge is 0.371 e. The molecule has 0 saturated carbocycles. The van der Waals surface area contributed by atoms with E-state index in [1.54, 1.807) is 0 Å². The fourth-order valence-corrected chi connectivity index (χ4v) is 2.33. The summed E-state index contributed by atoms with van der Waals surface area (Å²) >= 11 is 0. The van der Waals surface area contributed by atoms with Crippen LogP contribution in [-0.2, 0) is 11.2 Å². The van der Waals surface area contributed by atoms with Crippen molar-refractivity contribution in [1.29, 1.82) is 0 Å². The molecule has 5 nitrogen and oxygen atoms in total. The zero-order valence-electron chi connectivity index (χ0n) is 10.5. The first-order chi connectivity index (χ1) is 9.66. The van der Waals surface area contributed by atoms with Crippen molar-refractivity contribution >= 4 is 11.8 Å². The second kappa shape index (κ2) is 4.94. The van der Waals surface area contributed by atoms with E-state index in [0.29, 0.717) is 6.61 Å². The van der Waals surface area contributed by atoms with Gasteiger partial charge in [-0.15, -0.1) is 0 Å². The number of hydrogen-bond acceptors (Lipinski definition) is 4. The molecule has 20 heavy (non-hydrogen) atoms. The highest BCUT2D eigenvalue weighted by atomic mass is 16.5. The molecule has 1 aromatic carbocycles. The zero-order valence-corrected chi connectivity index (χ0v) is 10.5. The van der Waals surface area contributed by atoms with Gasteiger partial charge in [0.2, 0.25) is 11.5 Å². The fraction of sp³-hybridized carbons (Fsp3) is 0.200. The van der Waals surface area contributed by atoms with Crippen LogP contribution in [0.25, 0.3) is 0 Å². The third-order valence-electron chi connectivity index (χ3n) is 3.29. The number of ether oxygens (including phenoxy) is 1. The summed E-state index contributed by atoms with van der Waals surface area (Å²) in [6.07, 6.45) is 0.0334. The zero-order chi connectivity index (χ0) is 14.1. The predicted molar refractivity (Wildman–Crippen MR) is 68.8 cm³/mol. The van der Waals surface area contributed by atoms with Crippen LogP contribution in [0.3, 0.4) is 0 Å². The Morgan fingerprint density at radius 3 is 2.60 bits per heavy atom. The number of carbonyl (C=O) groups is 2. The Hall–Kier alpha value is -2.40. The number of fused-ring (bicyclic) bond motifs is 1. The van der Waals surface area contributed by atoms with Gasteiger partial charge < -0.3 is 14.3 Å². The number of aromatic carboxylic acids is 1. The van der Waals surface area contributed by atoms with Crippen molar-refractivity contribution in [1.82, 2.24) is 0 Å². The average molecular weight is 272 g/mol. The monoisotopic (exact) mass is 272 g/mol. The third kappa shape index (κ3) is 2.12. The van der Waals surface area contributed by atoms with Gasteiger partial charge in [0.25, 0.3) is 0 Å². The van der Waals surface area contributed by atoms with Crippen LogP contribution in [0.5, 0.6) is 0 Å². The van der Waals surface area contributed by atoms with E-state index in [2.05, 4.69) is 0 Å². The Labute approximate surface area is 114 Å². The van der Waals surface area contributed by atoms with Gasteiger partial charge in [-0.2, -0.15) is 0 Å². The molecule has 0 bridgehead atoms. The summed E-state index contributed by atoms with van der Waals surface area (Å²) in [6.45, 7) is 0.458. The molecule has 0 aliphatic carbocycles. The third-order valence-corrected chi connectivity index (χ3v) is 3.29. The second-order valence-electron chi connectivity index (χ2n) is 4.53. The number of benzene rings is 1. The second-order valence-corrected chi connectivity index (χ2v) is 4.53. The molecule has 0 fully saturated rings. The number of hydrogen-bond donors (Lipinski definition) is 1. The maximum atomic E-state index is 12.4. The van der Waals surface area contributed by atoms with E-state index in [0.717, 1.165) is 17.5 Å². The molecule has 2 aromatic rings. The normalized spacial score (nSPS) is 17.5. The van der Waals surface area contributed by atoms with Gasteiger partial charge in [0.05, 0.1) is 6.61 Å². The van der Waals surface area contributed by atoms with Gasteiger partial charge in [-0.05, 0) is 29.7 Å². The highest BCUT2D eigenvalue weighted by Gasteiger charge is 2.30. The quantitative estimate of drug-likeness (QED) is 0.868. The summed E-state index contributed by atoms with van der Waals surface area (Å²) in [4.78, 5) is 23.2. The molecule has 1 unspecified atom stereocenters. The molecule has 102 valence electrons. The summed E-state index contributed by atoms with van der Waals surface area (Å²) in [6, 6.07) is 10.2. The first kappa shape index (κ1) is 12.6. The van der Waals surface area contributed by atoms with Gasteiger partial charge >= 0.3 is 5.97 Å². The molecular weight excluding hydrogens is 260 g/mol. The molecule has 5 heteroatoms. The fourth-order valence-electron chi connectivity index (χ4n) is 2.33. The van der Waals surface area contributed by atoms with Gasteiger partial charge in [-0.1, -0.05) is 24.3 Å². The molecule has 0 saturated heterocycles. The van der Waals surface area contributed by atoms with Crippen molar-refractivity contribution in [3.8, 4) is 0 Å². The summed E-state index contributed by atoms with van der Waals surface area (Å²) in [7, 11) is 0. The molecule has 1 aliphatic rings. The molecule has 0 spiro atoms. The number of carbonyl (C=O) groups excluding carboxylic acids is 1. The molecule has 1 aromatic heterocycles. The molecule has 0 amide bonds. The van der Waals surface area contributed by atoms with E-state index in [4.69, 9.17) is 14.3 Å². The van der Waals surface area contributed by atoms with Crippen molar-refractivity contribution in [3.63, 3.8) is 0 Å². The van der Waals surface area contributed by atoms with Crippen molar-refractivity contribution < 1.29 is 23.8 Å². The van der Waals surface area contributed by atoms with Crippen LogP contribution in [-0.4, -0.2) is 23.5 Å². The molecule has 1 atom stereocenters. The van der Waals surface area contributed by atoms with Crippen molar-refractivity contribution in [2.45, 2.75) is 12.5 Å². The lowest BCUT2D eigenvalue weighted by atomic mass is 9.94. The topological polar surface area (TPSA) is 76.7 Å². The van der Waals surface area contributed by atoms with E-state index < -0.39 is 12.1 Å². The number of carboxylic acids is 1. The van der Waals surface area contributed by atoms with Gasteiger partial charge in [0.15, 0.2) is 5.76 Å². The maximum absolute atomic E-state index is 12.4. The van der Waals surface area contributed by atoms with Crippen LogP contribution in [0.2, 0.25) is 0 Å². The minimum absolute atomic E-state index is 0.00380. The summed E-state index contributed by atoms with van der Waals surface area (Å²) in [5.41, 5.74) is 1.89. The molecule has 1 N–H and O–H groups in total. The number of carboxylic acid groups (broad SMARTS) is 1. The van der Waals surface area contributed by atoms with Crippen LogP contribution >= 0.6 is 0 Å². The molecule has 0 radical (unpaired) electrons. The maximum Gasteiger partial charge on any atom is 0.371 e. The summed E-state index contributed by atoms with van der Waals surface area (Å²) in [5, 5.41) is 8.81. The van der Waals surface area contributed by atoms with Crippen LogP contribution in [0, 0.1) is 0 Å². The van der Waals surface area contributed by atoms with Crippen LogP contribution in [0.4, 0.5) is 0 Å². The first-order valence-electron chi connectivity index (χ1n) is 6.23. The van der Waals surface area contributed by atoms with Crippen LogP contribution in [0.15, 0.2) is 40.8 Å². The predicted octanol–water partition coefficient (Wildman–Crippen LogP) is 2.47. The van der Waals surface area contributed by atoms with Crippen LogP contribution < -0.4 is 0 Å². The van der Waals surface area contributed by atoms with Crippen molar-refractivity contribution in [2.24, 2.45) is 0 Å². The van der Waals surface area contributed by atoms with E-state index in [-0.39, 0.29) is 17.3 Å². The Bertz CT molecular complexity index is 670. The van der Waals surface area contributed by atoms with E-state index in [9.17, 15) is 9.59 Å². The Morgan fingerprint density at radius 1 is 1.10 bits per heavy atom.